The molecule has 6 nitrogen and oxygen atoms in total. The molecule has 0 saturated carbocycles. The van der Waals surface area contributed by atoms with Crippen molar-refractivity contribution in [2.24, 2.45) is 5.92 Å². The highest BCUT2D eigenvalue weighted by atomic mass is 16.5. The number of nitrogens with zero attached hydrogens (tertiary/aromatic N) is 4. The van der Waals surface area contributed by atoms with Crippen LogP contribution in [0.3, 0.4) is 0 Å². The number of aryl methyl sites for hydroxylation is 1. The number of methoxy groups -OCH3 is 1. The third-order valence-electron chi connectivity index (χ3n) is 4.51. The number of rotatable bonds is 5. The van der Waals surface area contributed by atoms with E-state index in [4.69, 9.17) is 9.72 Å². The van der Waals surface area contributed by atoms with Gasteiger partial charge in [0.25, 0.3) is 0 Å². The molecule has 0 fully saturated rings. The summed E-state index contributed by atoms with van der Waals surface area (Å²) in [6, 6.07) is 14.0. The van der Waals surface area contributed by atoms with Gasteiger partial charge in [0.15, 0.2) is 11.5 Å². The minimum Gasteiger partial charge on any atom is -0.497 e. The van der Waals surface area contributed by atoms with Crippen LogP contribution in [0.25, 0.3) is 27.9 Å². The number of hydrogen-bond donors (Lipinski definition) is 1. The van der Waals surface area contributed by atoms with Crippen molar-refractivity contribution in [3.05, 3.63) is 48.0 Å². The lowest BCUT2D eigenvalue weighted by Crippen LogP contribution is -2.13. The Kier molecular flexibility index (Phi) is 4.39. The molecule has 2 aromatic heterocycles. The van der Waals surface area contributed by atoms with Crippen molar-refractivity contribution in [3.8, 4) is 17.1 Å². The smallest absolute Gasteiger partial charge is 0.211 e. The maximum atomic E-state index is 5.27. The van der Waals surface area contributed by atoms with Crippen LogP contribution in [0, 0.1) is 12.8 Å². The number of fused-ring (bicyclic) bond motifs is 3. The fourth-order valence-corrected chi connectivity index (χ4v) is 3.09. The Morgan fingerprint density at radius 3 is 2.56 bits per heavy atom. The van der Waals surface area contributed by atoms with Crippen molar-refractivity contribution in [3.63, 3.8) is 0 Å². The summed E-state index contributed by atoms with van der Waals surface area (Å²) < 4.78 is 7.27. The molecule has 4 rings (SSSR count). The number of anilines is 1. The molecule has 0 saturated heterocycles. The minimum absolute atomic E-state index is 0.497. The lowest BCUT2D eigenvalue weighted by molar-refractivity contribution is 0.415. The lowest BCUT2D eigenvalue weighted by atomic mass is 10.1. The van der Waals surface area contributed by atoms with Crippen molar-refractivity contribution in [2.45, 2.75) is 20.8 Å². The van der Waals surface area contributed by atoms with Crippen LogP contribution in [0.4, 0.5) is 5.95 Å². The first-order valence-electron chi connectivity index (χ1n) is 9.10. The summed E-state index contributed by atoms with van der Waals surface area (Å²) in [5.74, 6) is 2.82. The summed E-state index contributed by atoms with van der Waals surface area (Å²) in [7, 11) is 1.66. The van der Waals surface area contributed by atoms with Gasteiger partial charge in [0.05, 0.1) is 12.6 Å². The molecule has 2 heterocycles. The van der Waals surface area contributed by atoms with E-state index in [1.54, 1.807) is 7.11 Å². The summed E-state index contributed by atoms with van der Waals surface area (Å²) in [5, 5.41) is 13.4. The molecule has 0 aliphatic carbocycles. The molecule has 2 aromatic carbocycles. The molecule has 0 atom stereocenters. The Bertz CT molecular complexity index is 1100. The predicted octanol–water partition coefficient (Wildman–Crippen LogP) is 4.33. The highest BCUT2D eigenvalue weighted by Gasteiger charge is 2.16. The number of aromatic nitrogens is 4. The van der Waals surface area contributed by atoms with Crippen molar-refractivity contribution in [1.29, 1.82) is 0 Å². The number of benzene rings is 2. The Balaban J connectivity index is 1.96. The molecule has 0 bridgehead atoms. The highest BCUT2D eigenvalue weighted by Crippen LogP contribution is 2.28. The van der Waals surface area contributed by atoms with Crippen LogP contribution in [-0.2, 0) is 0 Å². The van der Waals surface area contributed by atoms with Crippen LogP contribution in [0.15, 0.2) is 42.5 Å². The van der Waals surface area contributed by atoms with Gasteiger partial charge >= 0.3 is 0 Å². The quantitative estimate of drug-likeness (QED) is 0.573. The van der Waals surface area contributed by atoms with E-state index in [0.717, 1.165) is 46.2 Å². The first-order chi connectivity index (χ1) is 13.1. The van der Waals surface area contributed by atoms with Gasteiger partial charge in [-0.25, -0.2) is 9.38 Å². The molecule has 4 aromatic rings. The molecular formula is C21H23N5O. The first kappa shape index (κ1) is 17.3. The second-order valence-corrected chi connectivity index (χ2v) is 7.14. The second kappa shape index (κ2) is 6.87. The van der Waals surface area contributed by atoms with E-state index >= 15 is 0 Å². The summed E-state index contributed by atoms with van der Waals surface area (Å²) >= 11 is 0. The molecule has 27 heavy (non-hydrogen) atoms. The third kappa shape index (κ3) is 3.18. The number of ether oxygens (including phenoxy) is 1. The third-order valence-corrected chi connectivity index (χ3v) is 4.51. The topological polar surface area (TPSA) is 64.3 Å². The van der Waals surface area contributed by atoms with E-state index in [2.05, 4.69) is 48.4 Å². The Labute approximate surface area is 158 Å². The summed E-state index contributed by atoms with van der Waals surface area (Å²) in [6.07, 6.45) is 0. The van der Waals surface area contributed by atoms with E-state index in [1.807, 2.05) is 34.7 Å². The molecule has 0 radical (unpaired) electrons. The van der Waals surface area contributed by atoms with E-state index in [-0.39, 0.29) is 0 Å². The Morgan fingerprint density at radius 1 is 1.07 bits per heavy atom. The SMILES string of the molecule is COc1ccc(-c2nnc3c4cc(C)ccc4nc(NCC(C)C)n23)cc1. The van der Waals surface area contributed by atoms with Gasteiger partial charge in [-0.05, 0) is 49.2 Å². The fraction of sp³-hybridized carbons (Fsp3) is 0.286. The number of hydrogen-bond acceptors (Lipinski definition) is 5. The van der Waals surface area contributed by atoms with E-state index in [0.29, 0.717) is 5.92 Å². The average Bonchev–Trinajstić information content (AvgIpc) is 3.12. The van der Waals surface area contributed by atoms with Gasteiger partial charge in [-0.1, -0.05) is 25.5 Å². The molecule has 0 aliphatic heterocycles. The van der Waals surface area contributed by atoms with Gasteiger partial charge in [0, 0.05) is 17.5 Å². The van der Waals surface area contributed by atoms with Crippen LogP contribution in [0.2, 0.25) is 0 Å². The van der Waals surface area contributed by atoms with Crippen LogP contribution >= 0.6 is 0 Å². The maximum absolute atomic E-state index is 5.27. The van der Waals surface area contributed by atoms with Gasteiger partial charge in [0.1, 0.15) is 5.75 Å². The minimum atomic E-state index is 0.497. The van der Waals surface area contributed by atoms with Crippen LogP contribution in [0.1, 0.15) is 19.4 Å². The largest absolute Gasteiger partial charge is 0.497 e. The van der Waals surface area contributed by atoms with Crippen molar-refractivity contribution in [1.82, 2.24) is 19.6 Å². The zero-order chi connectivity index (χ0) is 19.0. The van der Waals surface area contributed by atoms with E-state index < -0.39 is 0 Å². The molecule has 1 N–H and O–H groups in total. The normalized spacial score (nSPS) is 11.4. The first-order valence-corrected chi connectivity index (χ1v) is 9.10. The van der Waals surface area contributed by atoms with Crippen LogP contribution in [0.5, 0.6) is 5.75 Å². The molecule has 0 unspecified atom stereocenters. The zero-order valence-corrected chi connectivity index (χ0v) is 16.0. The molecule has 0 spiro atoms. The van der Waals surface area contributed by atoms with Gasteiger partial charge in [-0.15, -0.1) is 10.2 Å². The molecular weight excluding hydrogens is 338 g/mol. The van der Waals surface area contributed by atoms with Crippen molar-refractivity contribution in [2.75, 3.05) is 19.0 Å². The van der Waals surface area contributed by atoms with E-state index in [1.165, 1.54) is 5.56 Å². The molecule has 6 heteroatoms. The fourth-order valence-electron chi connectivity index (χ4n) is 3.09. The molecule has 138 valence electrons. The molecule has 0 amide bonds. The Morgan fingerprint density at radius 2 is 1.85 bits per heavy atom. The number of nitrogens with one attached hydrogen (secondary N) is 1. The van der Waals surface area contributed by atoms with Crippen LogP contribution in [-0.4, -0.2) is 33.2 Å². The lowest BCUT2D eigenvalue weighted by Gasteiger charge is -2.13. The van der Waals surface area contributed by atoms with Gasteiger partial charge in [-0.2, -0.15) is 0 Å². The predicted molar refractivity (Wildman–Crippen MR) is 108 cm³/mol. The second-order valence-electron chi connectivity index (χ2n) is 7.14. The summed E-state index contributed by atoms with van der Waals surface area (Å²) in [4.78, 5) is 4.86. The van der Waals surface area contributed by atoms with Crippen molar-refractivity contribution < 1.29 is 4.74 Å². The standard InChI is InChI=1S/C21H23N5O/c1-13(2)12-22-21-23-18-10-5-14(3)11-17(18)20-25-24-19(26(20)21)15-6-8-16(27-4)9-7-15/h5-11,13H,12H2,1-4H3,(H,22,23). The van der Waals surface area contributed by atoms with Gasteiger partial charge < -0.3 is 10.1 Å². The van der Waals surface area contributed by atoms with Gasteiger partial charge in [-0.3, -0.25) is 0 Å². The molecule has 0 aliphatic rings. The van der Waals surface area contributed by atoms with Gasteiger partial charge in [0.2, 0.25) is 5.95 Å². The van der Waals surface area contributed by atoms with Crippen molar-refractivity contribution >= 4 is 22.5 Å². The summed E-state index contributed by atoms with van der Waals surface area (Å²) in [6.45, 7) is 7.23. The highest BCUT2D eigenvalue weighted by molar-refractivity contribution is 5.93. The maximum Gasteiger partial charge on any atom is 0.211 e. The zero-order valence-electron chi connectivity index (χ0n) is 16.0. The van der Waals surface area contributed by atoms with E-state index in [9.17, 15) is 0 Å². The summed E-state index contributed by atoms with van der Waals surface area (Å²) in [5.41, 5.74) is 3.85. The average molecular weight is 361 g/mol. The Hall–Kier alpha value is -3.15. The monoisotopic (exact) mass is 361 g/mol. The van der Waals surface area contributed by atoms with Crippen LogP contribution < -0.4 is 10.1 Å².